The number of nitrogens with one attached hydrogen (secondary N) is 1. The number of nitrogens with two attached hydrogens (primary N) is 1. The maximum atomic E-state index is 11.0. The van der Waals surface area contributed by atoms with Crippen molar-refractivity contribution < 1.29 is 13.2 Å². The molecule has 0 radical (unpaired) electrons. The first kappa shape index (κ1) is 16.8. The first-order valence-corrected chi connectivity index (χ1v) is 8.13. The van der Waals surface area contributed by atoms with E-state index in [-0.39, 0.29) is 17.9 Å². The zero-order valence-corrected chi connectivity index (χ0v) is 12.1. The molecule has 17 heavy (non-hydrogen) atoms. The van der Waals surface area contributed by atoms with Crippen LogP contribution in [-0.4, -0.2) is 39.2 Å². The molecule has 0 spiro atoms. The molecule has 0 saturated heterocycles. The third-order valence-electron chi connectivity index (χ3n) is 2.66. The molecule has 6 heteroatoms. The maximum absolute atomic E-state index is 11.0. The smallest absolute Gasteiger partial charge is 0.147 e. The quantitative estimate of drug-likeness (QED) is 0.474. The van der Waals surface area contributed by atoms with Crippen LogP contribution in [0.4, 0.5) is 0 Å². The second kappa shape index (κ2) is 8.02. The number of sulfone groups is 1. The van der Waals surface area contributed by atoms with Gasteiger partial charge in [-0.15, -0.1) is 0 Å². The summed E-state index contributed by atoms with van der Waals surface area (Å²) >= 11 is 0. The van der Waals surface area contributed by atoms with Gasteiger partial charge in [-0.3, -0.25) is 11.3 Å². The van der Waals surface area contributed by atoms with Gasteiger partial charge in [0, 0.05) is 24.7 Å². The Bertz CT molecular complexity index is 291. The predicted octanol–water partition coefficient (Wildman–Crippen LogP) is 0.704. The van der Waals surface area contributed by atoms with Crippen molar-refractivity contribution in [2.75, 3.05) is 18.6 Å². The Kier molecular flexibility index (Phi) is 7.94. The van der Waals surface area contributed by atoms with E-state index in [1.165, 1.54) is 6.26 Å². The average molecular weight is 266 g/mol. The van der Waals surface area contributed by atoms with Crippen LogP contribution in [0.15, 0.2) is 0 Å². The van der Waals surface area contributed by atoms with Gasteiger partial charge in [-0.25, -0.2) is 8.42 Å². The Morgan fingerprint density at radius 3 is 2.29 bits per heavy atom. The summed E-state index contributed by atoms with van der Waals surface area (Å²) in [5.41, 5.74) is 2.73. The molecule has 5 nitrogen and oxygen atoms in total. The van der Waals surface area contributed by atoms with Crippen LogP contribution in [0, 0.1) is 5.92 Å². The van der Waals surface area contributed by atoms with Crippen LogP contribution in [0.25, 0.3) is 0 Å². The van der Waals surface area contributed by atoms with Crippen LogP contribution in [-0.2, 0) is 14.6 Å². The second-order valence-corrected chi connectivity index (χ2v) is 6.97. The summed E-state index contributed by atoms with van der Waals surface area (Å²) in [6.07, 6.45) is 2.57. The lowest BCUT2D eigenvalue weighted by atomic mass is 9.96. The fourth-order valence-electron chi connectivity index (χ4n) is 1.87. The van der Waals surface area contributed by atoms with E-state index in [4.69, 9.17) is 10.6 Å². The van der Waals surface area contributed by atoms with Crippen LogP contribution in [0.1, 0.15) is 33.6 Å². The van der Waals surface area contributed by atoms with Gasteiger partial charge in [-0.1, -0.05) is 13.8 Å². The third kappa shape index (κ3) is 7.70. The number of hydrogen-bond acceptors (Lipinski definition) is 5. The molecule has 0 aromatic carbocycles. The summed E-state index contributed by atoms with van der Waals surface area (Å²) in [5, 5.41) is 0. The summed E-state index contributed by atoms with van der Waals surface area (Å²) in [6, 6.07) is -0.00306. The van der Waals surface area contributed by atoms with Crippen LogP contribution in [0.2, 0.25) is 0 Å². The van der Waals surface area contributed by atoms with Crippen molar-refractivity contribution in [1.82, 2.24) is 5.43 Å². The van der Waals surface area contributed by atoms with Crippen LogP contribution < -0.4 is 11.3 Å². The summed E-state index contributed by atoms with van der Waals surface area (Å²) in [7, 11) is -2.90. The minimum absolute atomic E-state index is 0.00306. The molecule has 0 bridgehead atoms. The Hall–Kier alpha value is -0.170. The topological polar surface area (TPSA) is 81.4 Å². The lowest BCUT2D eigenvalue weighted by Gasteiger charge is -2.29. The van der Waals surface area contributed by atoms with Crippen molar-refractivity contribution in [3.63, 3.8) is 0 Å². The monoisotopic (exact) mass is 266 g/mol. The molecule has 3 N–H and O–H groups in total. The summed E-state index contributed by atoms with van der Waals surface area (Å²) in [5.74, 6) is 6.05. The van der Waals surface area contributed by atoms with Gasteiger partial charge in [0.05, 0.1) is 6.10 Å². The van der Waals surface area contributed by atoms with Crippen molar-refractivity contribution in [3.8, 4) is 0 Å². The molecule has 0 aromatic heterocycles. The SMILES string of the molecule is CCOC(C(C)C)C(CCCS(C)(=O)=O)NN. The Labute approximate surface area is 105 Å². The number of hydrogen-bond donors (Lipinski definition) is 2. The first-order chi connectivity index (χ1) is 7.81. The molecular weight excluding hydrogens is 240 g/mol. The van der Waals surface area contributed by atoms with E-state index in [0.29, 0.717) is 25.4 Å². The fraction of sp³-hybridized carbons (Fsp3) is 1.00. The number of rotatable bonds is 9. The van der Waals surface area contributed by atoms with E-state index in [9.17, 15) is 8.42 Å². The van der Waals surface area contributed by atoms with Gasteiger partial charge in [0.2, 0.25) is 0 Å². The summed E-state index contributed by atoms with van der Waals surface area (Å²) < 4.78 is 27.7. The Balaban J connectivity index is 4.28. The number of hydrazine groups is 1. The molecule has 0 aliphatic rings. The largest absolute Gasteiger partial charge is 0.377 e. The van der Waals surface area contributed by atoms with Gasteiger partial charge in [-0.2, -0.15) is 0 Å². The molecule has 0 aliphatic carbocycles. The highest BCUT2D eigenvalue weighted by Crippen LogP contribution is 2.15. The lowest BCUT2D eigenvalue weighted by Crippen LogP contribution is -2.47. The van der Waals surface area contributed by atoms with Crippen molar-refractivity contribution in [2.24, 2.45) is 11.8 Å². The highest BCUT2D eigenvalue weighted by atomic mass is 32.2. The minimum atomic E-state index is -2.90. The normalized spacial score (nSPS) is 16.1. The summed E-state index contributed by atoms with van der Waals surface area (Å²) in [4.78, 5) is 0. The zero-order valence-electron chi connectivity index (χ0n) is 11.3. The minimum Gasteiger partial charge on any atom is -0.377 e. The van der Waals surface area contributed by atoms with Gasteiger partial charge in [0.1, 0.15) is 9.84 Å². The van der Waals surface area contributed by atoms with E-state index in [1.54, 1.807) is 0 Å². The van der Waals surface area contributed by atoms with E-state index < -0.39 is 9.84 Å². The van der Waals surface area contributed by atoms with Gasteiger partial charge in [-0.05, 0) is 25.7 Å². The van der Waals surface area contributed by atoms with Crippen molar-refractivity contribution >= 4 is 9.84 Å². The molecule has 2 atom stereocenters. The van der Waals surface area contributed by atoms with Crippen molar-refractivity contribution in [3.05, 3.63) is 0 Å². The van der Waals surface area contributed by atoms with Crippen molar-refractivity contribution in [1.29, 1.82) is 0 Å². The zero-order chi connectivity index (χ0) is 13.5. The molecule has 0 heterocycles. The second-order valence-electron chi connectivity index (χ2n) is 4.71. The molecule has 0 amide bonds. The molecule has 104 valence electrons. The molecule has 2 unspecified atom stereocenters. The molecule has 0 rings (SSSR count). The van der Waals surface area contributed by atoms with Gasteiger partial charge in [0.15, 0.2) is 0 Å². The van der Waals surface area contributed by atoms with E-state index in [1.807, 2.05) is 6.92 Å². The lowest BCUT2D eigenvalue weighted by molar-refractivity contribution is 0.00134. The Morgan fingerprint density at radius 2 is 1.94 bits per heavy atom. The predicted molar refractivity (Wildman–Crippen MR) is 70.3 cm³/mol. The van der Waals surface area contributed by atoms with Crippen molar-refractivity contribution in [2.45, 2.75) is 45.8 Å². The Morgan fingerprint density at radius 1 is 1.35 bits per heavy atom. The van der Waals surface area contributed by atoms with Crippen LogP contribution >= 0.6 is 0 Å². The fourth-order valence-corrected chi connectivity index (χ4v) is 2.56. The third-order valence-corrected chi connectivity index (χ3v) is 3.69. The highest BCUT2D eigenvalue weighted by Gasteiger charge is 2.24. The standard InChI is InChI=1S/C11H26N2O3S/c1-5-16-11(9(2)3)10(13-12)7-6-8-17(4,14)15/h9-11,13H,5-8,12H2,1-4H3. The molecule has 0 fully saturated rings. The summed E-state index contributed by atoms with van der Waals surface area (Å²) in [6.45, 7) is 6.72. The van der Waals surface area contributed by atoms with Crippen LogP contribution in [0.3, 0.4) is 0 Å². The molecule has 0 aliphatic heterocycles. The molecule has 0 aromatic rings. The number of ether oxygens (including phenoxy) is 1. The van der Waals surface area contributed by atoms with Gasteiger partial charge in [0.25, 0.3) is 0 Å². The van der Waals surface area contributed by atoms with E-state index in [0.717, 1.165) is 0 Å². The van der Waals surface area contributed by atoms with Gasteiger partial charge >= 0.3 is 0 Å². The highest BCUT2D eigenvalue weighted by molar-refractivity contribution is 7.90. The first-order valence-electron chi connectivity index (χ1n) is 6.07. The molecule has 0 saturated carbocycles. The van der Waals surface area contributed by atoms with Crippen LogP contribution in [0.5, 0.6) is 0 Å². The van der Waals surface area contributed by atoms with E-state index in [2.05, 4.69) is 19.3 Å². The molecular formula is C11H26N2O3S. The average Bonchev–Trinajstić information content (AvgIpc) is 2.20. The van der Waals surface area contributed by atoms with Gasteiger partial charge < -0.3 is 4.74 Å². The maximum Gasteiger partial charge on any atom is 0.147 e. The van der Waals surface area contributed by atoms with E-state index >= 15 is 0 Å².